The molecule has 2 rings (SSSR count). The van der Waals surface area contributed by atoms with Gasteiger partial charge in [-0.05, 0) is 24.2 Å². The highest BCUT2D eigenvalue weighted by Gasteiger charge is 2.17. The van der Waals surface area contributed by atoms with Gasteiger partial charge < -0.3 is 10.6 Å². The second kappa shape index (κ2) is 4.28. The number of likely N-dealkylation sites (N-methyl/N-ethyl adjacent to an activating group) is 1. The van der Waals surface area contributed by atoms with Gasteiger partial charge in [0.25, 0.3) is 5.91 Å². The van der Waals surface area contributed by atoms with Crippen LogP contribution in [-0.2, 0) is 6.54 Å². The van der Waals surface area contributed by atoms with E-state index in [1.54, 1.807) is 0 Å². The Kier molecular flexibility index (Phi) is 2.83. The van der Waals surface area contributed by atoms with Crippen molar-refractivity contribution in [2.75, 3.05) is 13.6 Å². The van der Waals surface area contributed by atoms with E-state index in [1.165, 1.54) is 0 Å². The molecule has 0 aliphatic carbocycles. The smallest absolute Gasteiger partial charge is 0.251 e. The summed E-state index contributed by atoms with van der Waals surface area (Å²) in [6.07, 6.45) is 4.05. The van der Waals surface area contributed by atoms with Crippen LogP contribution < -0.4 is 10.6 Å². The first kappa shape index (κ1) is 9.93. The maximum absolute atomic E-state index is 11.4. The molecule has 0 spiro atoms. The molecule has 1 amide bonds. The van der Waals surface area contributed by atoms with E-state index in [1.807, 2.05) is 37.4 Å². The molecule has 78 valence electrons. The van der Waals surface area contributed by atoms with Gasteiger partial charge in [-0.15, -0.1) is 0 Å². The Hall–Kier alpha value is -1.61. The minimum absolute atomic E-state index is 0.0360. The summed E-state index contributed by atoms with van der Waals surface area (Å²) in [6.45, 7) is 1.50. The van der Waals surface area contributed by atoms with Gasteiger partial charge in [-0.3, -0.25) is 4.79 Å². The maximum atomic E-state index is 11.4. The predicted molar refractivity (Wildman–Crippen MR) is 60.6 cm³/mol. The molecule has 0 fully saturated rings. The van der Waals surface area contributed by atoms with E-state index < -0.39 is 0 Å². The summed E-state index contributed by atoms with van der Waals surface area (Å²) in [5.41, 5.74) is 2.97. The van der Waals surface area contributed by atoms with Crippen LogP contribution >= 0.6 is 0 Å². The van der Waals surface area contributed by atoms with Gasteiger partial charge in [0.05, 0.1) is 0 Å². The minimum atomic E-state index is 0.0360. The summed E-state index contributed by atoms with van der Waals surface area (Å²) in [7, 11) is 1.90. The lowest BCUT2D eigenvalue weighted by atomic mass is 10.1. The van der Waals surface area contributed by atoms with E-state index in [0.717, 1.165) is 23.2 Å². The van der Waals surface area contributed by atoms with Crippen molar-refractivity contribution in [3.8, 4) is 0 Å². The molecule has 1 aliphatic rings. The Balaban J connectivity index is 2.22. The number of benzene rings is 1. The first-order chi connectivity index (χ1) is 7.31. The third kappa shape index (κ3) is 2.07. The number of hydrogen-bond donors (Lipinski definition) is 2. The molecule has 0 aromatic heterocycles. The molecule has 3 nitrogen and oxygen atoms in total. The summed E-state index contributed by atoms with van der Waals surface area (Å²) < 4.78 is 0. The van der Waals surface area contributed by atoms with Crippen molar-refractivity contribution in [2.24, 2.45) is 0 Å². The van der Waals surface area contributed by atoms with Gasteiger partial charge in [-0.1, -0.05) is 24.3 Å². The monoisotopic (exact) mass is 202 g/mol. The predicted octanol–water partition coefficient (Wildman–Crippen LogP) is 1.16. The molecule has 0 unspecified atom stereocenters. The molecule has 2 N–H and O–H groups in total. The summed E-state index contributed by atoms with van der Waals surface area (Å²) >= 11 is 0. The molecular formula is C12H14N2O. The Morgan fingerprint density at radius 1 is 1.53 bits per heavy atom. The minimum Gasteiger partial charge on any atom is -0.348 e. The van der Waals surface area contributed by atoms with Crippen LogP contribution in [0.3, 0.4) is 0 Å². The standard InChI is InChI=1S/C12H14N2O/c1-13-6-2-3-9-4-5-10-8-14-12(15)11(10)7-9/h2-5,7,13H,6,8H2,1H3,(H,14,15). The second-order valence-electron chi connectivity index (χ2n) is 3.56. The SMILES string of the molecule is CNCC=Cc1ccc2c(c1)C(=O)NC2. The fraction of sp³-hybridized carbons (Fsp3) is 0.250. The van der Waals surface area contributed by atoms with Crippen molar-refractivity contribution in [1.82, 2.24) is 10.6 Å². The van der Waals surface area contributed by atoms with Crippen LogP contribution in [0.25, 0.3) is 6.08 Å². The van der Waals surface area contributed by atoms with Crippen LogP contribution in [0.1, 0.15) is 21.5 Å². The van der Waals surface area contributed by atoms with Crippen LogP contribution in [0.2, 0.25) is 0 Å². The largest absolute Gasteiger partial charge is 0.348 e. The van der Waals surface area contributed by atoms with Crippen molar-refractivity contribution >= 4 is 12.0 Å². The average Bonchev–Trinajstić information content (AvgIpc) is 2.61. The highest BCUT2D eigenvalue weighted by molar-refractivity contribution is 5.98. The zero-order valence-electron chi connectivity index (χ0n) is 8.71. The molecule has 0 saturated carbocycles. The molecule has 0 saturated heterocycles. The lowest BCUT2D eigenvalue weighted by Crippen LogP contribution is -2.12. The van der Waals surface area contributed by atoms with Crippen molar-refractivity contribution in [2.45, 2.75) is 6.54 Å². The molecule has 0 radical (unpaired) electrons. The highest BCUT2D eigenvalue weighted by atomic mass is 16.1. The number of fused-ring (bicyclic) bond motifs is 1. The molecule has 0 atom stereocenters. The number of nitrogens with one attached hydrogen (secondary N) is 2. The van der Waals surface area contributed by atoms with Crippen LogP contribution in [-0.4, -0.2) is 19.5 Å². The zero-order chi connectivity index (χ0) is 10.7. The molecule has 15 heavy (non-hydrogen) atoms. The lowest BCUT2D eigenvalue weighted by Gasteiger charge is -1.98. The number of amides is 1. The van der Waals surface area contributed by atoms with Gasteiger partial charge in [0, 0.05) is 18.7 Å². The van der Waals surface area contributed by atoms with Crippen molar-refractivity contribution in [3.05, 3.63) is 41.0 Å². The fourth-order valence-corrected chi connectivity index (χ4v) is 1.65. The first-order valence-electron chi connectivity index (χ1n) is 5.03. The normalized spacial score (nSPS) is 14.3. The molecular weight excluding hydrogens is 188 g/mol. The summed E-state index contributed by atoms with van der Waals surface area (Å²) in [5.74, 6) is 0.0360. The second-order valence-corrected chi connectivity index (χ2v) is 3.56. The fourth-order valence-electron chi connectivity index (χ4n) is 1.65. The Labute approximate surface area is 89.2 Å². The Morgan fingerprint density at radius 3 is 3.20 bits per heavy atom. The summed E-state index contributed by atoms with van der Waals surface area (Å²) in [5, 5.41) is 5.84. The summed E-state index contributed by atoms with van der Waals surface area (Å²) in [4.78, 5) is 11.4. The lowest BCUT2D eigenvalue weighted by molar-refractivity contribution is 0.0966. The van der Waals surface area contributed by atoms with E-state index in [-0.39, 0.29) is 5.91 Å². The molecule has 1 aliphatic heterocycles. The van der Waals surface area contributed by atoms with Gasteiger partial charge in [0.1, 0.15) is 0 Å². The molecule has 3 heteroatoms. The van der Waals surface area contributed by atoms with Crippen molar-refractivity contribution in [3.63, 3.8) is 0 Å². The van der Waals surface area contributed by atoms with Gasteiger partial charge in [0.2, 0.25) is 0 Å². The van der Waals surface area contributed by atoms with E-state index >= 15 is 0 Å². The van der Waals surface area contributed by atoms with E-state index in [9.17, 15) is 4.79 Å². The maximum Gasteiger partial charge on any atom is 0.251 e. The van der Waals surface area contributed by atoms with E-state index in [0.29, 0.717) is 6.54 Å². The third-order valence-corrected chi connectivity index (χ3v) is 2.45. The molecule has 1 heterocycles. The summed E-state index contributed by atoms with van der Waals surface area (Å²) in [6, 6.07) is 5.97. The number of carbonyl (C=O) groups excluding carboxylic acids is 1. The zero-order valence-corrected chi connectivity index (χ0v) is 8.71. The topological polar surface area (TPSA) is 41.1 Å². The van der Waals surface area contributed by atoms with Gasteiger partial charge in [-0.2, -0.15) is 0 Å². The van der Waals surface area contributed by atoms with Crippen LogP contribution in [0.5, 0.6) is 0 Å². The van der Waals surface area contributed by atoms with Crippen LogP contribution in [0.4, 0.5) is 0 Å². The Morgan fingerprint density at radius 2 is 2.40 bits per heavy atom. The van der Waals surface area contributed by atoms with Crippen molar-refractivity contribution in [1.29, 1.82) is 0 Å². The van der Waals surface area contributed by atoms with Gasteiger partial charge in [-0.25, -0.2) is 0 Å². The molecule has 1 aromatic rings. The number of hydrogen-bond acceptors (Lipinski definition) is 2. The average molecular weight is 202 g/mol. The van der Waals surface area contributed by atoms with E-state index in [4.69, 9.17) is 0 Å². The highest BCUT2D eigenvalue weighted by Crippen LogP contribution is 2.17. The van der Waals surface area contributed by atoms with E-state index in [2.05, 4.69) is 10.6 Å². The van der Waals surface area contributed by atoms with Gasteiger partial charge >= 0.3 is 0 Å². The Bertz CT molecular complexity index is 410. The first-order valence-corrected chi connectivity index (χ1v) is 5.03. The van der Waals surface area contributed by atoms with Crippen molar-refractivity contribution < 1.29 is 4.79 Å². The van der Waals surface area contributed by atoms with Crippen LogP contribution in [0, 0.1) is 0 Å². The number of carbonyl (C=O) groups is 1. The van der Waals surface area contributed by atoms with Gasteiger partial charge in [0.15, 0.2) is 0 Å². The quantitative estimate of drug-likeness (QED) is 0.772. The molecule has 0 bridgehead atoms. The third-order valence-electron chi connectivity index (χ3n) is 2.45. The number of rotatable bonds is 3. The van der Waals surface area contributed by atoms with Crippen LogP contribution in [0.15, 0.2) is 24.3 Å². The molecule has 1 aromatic carbocycles.